The fourth-order valence-corrected chi connectivity index (χ4v) is 3.12. The molecule has 0 saturated heterocycles. The summed E-state index contributed by atoms with van der Waals surface area (Å²) in [5.41, 5.74) is 0.239. The van der Waals surface area contributed by atoms with Gasteiger partial charge in [-0.1, -0.05) is 11.6 Å². The van der Waals surface area contributed by atoms with Crippen molar-refractivity contribution in [3.8, 4) is 6.07 Å². The Balaban J connectivity index is 2.07. The lowest BCUT2D eigenvalue weighted by molar-refractivity contribution is 0.580. The van der Waals surface area contributed by atoms with E-state index in [9.17, 15) is 8.42 Å². The summed E-state index contributed by atoms with van der Waals surface area (Å²) in [4.78, 5) is 4.15. The van der Waals surface area contributed by atoms with E-state index in [1.54, 1.807) is 12.4 Å². The molecule has 110 valence electrons. The number of hydrogen-bond donors (Lipinski definition) is 1. The van der Waals surface area contributed by atoms with Crippen molar-refractivity contribution in [2.45, 2.75) is 11.3 Å². The van der Waals surface area contributed by atoms with Gasteiger partial charge >= 0.3 is 0 Å². The summed E-state index contributed by atoms with van der Waals surface area (Å²) >= 11 is 5.84. The topological polar surface area (TPSA) is 87.8 Å². The average molecular weight is 325 g/mol. The van der Waals surface area contributed by atoms with Gasteiger partial charge in [-0.2, -0.15) is 5.26 Å². The van der Waals surface area contributed by atoms with Crippen LogP contribution in [0.15, 0.2) is 35.5 Å². The monoisotopic (exact) mass is 324 g/mol. The highest BCUT2D eigenvalue weighted by molar-refractivity contribution is 7.89. The molecule has 0 aliphatic carbocycles. The SMILES string of the molecule is Cn1ccnc1CCNS(=O)(=O)c1ccc(C#N)c(Cl)c1. The minimum atomic E-state index is -3.65. The number of hydrogen-bond acceptors (Lipinski definition) is 4. The van der Waals surface area contributed by atoms with Crippen LogP contribution in [0.3, 0.4) is 0 Å². The number of nitrogens with zero attached hydrogens (tertiary/aromatic N) is 3. The van der Waals surface area contributed by atoms with Crippen LogP contribution in [0.4, 0.5) is 0 Å². The maximum absolute atomic E-state index is 12.1. The molecule has 0 spiro atoms. The molecule has 1 aromatic heterocycles. The molecule has 1 aromatic carbocycles. The zero-order valence-corrected chi connectivity index (χ0v) is 12.8. The Kier molecular flexibility index (Phi) is 4.63. The third kappa shape index (κ3) is 3.61. The summed E-state index contributed by atoms with van der Waals surface area (Å²) in [5.74, 6) is 0.788. The zero-order chi connectivity index (χ0) is 15.5. The minimum Gasteiger partial charge on any atom is -0.338 e. The van der Waals surface area contributed by atoms with Crippen molar-refractivity contribution in [1.29, 1.82) is 5.26 Å². The lowest BCUT2D eigenvalue weighted by atomic mass is 10.2. The van der Waals surface area contributed by atoms with Gasteiger partial charge in [-0.25, -0.2) is 18.1 Å². The second-order valence-electron chi connectivity index (χ2n) is 4.36. The number of halogens is 1. The van der Waals surface area contributed by atoms with Gasteiger partial charge in [-0.3, -0.25) is 0 Å². The van der Waals surface area contributed by atoms with E-state index < -0.39 is 10.0 Å². The van der Waals surface area contributed by atoms with Crippen molar-refractivity contribution < 1.29 is 8.42 Å². The van der Waals surface area contributed by atoms with Gasteiger partial charge in [0.05, 0.1) is 15.5 Å². The second-order valence-corrected chi connectivity index (χ2v) is 6.53. The van der Waals surface area contributed by atoms with Crippen LogP contribution in [-0.2, 0) is 23.5 Å². The van der Waals surface area contributed by atoms with Crippen LogP contribution in [0.25, 0.3) is 0 Å². The Bertz CT molecular complexity index is 793. The molecular weight excluding hydrogens is 312 g/mol. The van der Waals surface area contributed by atoms with E-state index in [2.05, 4.69) is 9.71 Å². The summed E-state index contributed by atoms with van der Waals surface area (Å²) in [6, 6.07) is 5.89. The molecule has 0 aliphatic rings. The van der Waals surface area contributed by atoms with E-state index >= 15 is 0 Å². The molecule has 0 fully saturated rings. The Morgan fingerprint density at radius 2 is 2.24 bits per heavy atom. The van der Waals surface area contributed by atoms with Crippen LogP contribution >= 0.6 is 11.6 Å². The van der Waals surface area contributed by atoms with Crippen LogP contribution in [0.5, 0.6) is 0 Å². The highest BCUT2D eigenvalue weighted by atomic mass is 35.5. The van der Waals surface area contributed by atoms with Gasteiger partial charge < -0.3 is 4.57 Å². The van der Waals surface area contributed by atoms with E-state index in [0.29, 0.717) is 6.42 Å². The fraction of sp³-hybridized carbons (Fsp3) is 0.231. The van der Waals surface area contributed by atoms with Crippen molar-refractivity contribution in [3.63, 3.8) is 0 Å². The first kappa shape index (κ1) is 15.5. The van der Waals surface area contributed by atoms with E-state index in [4.69, 9.17) is 16.9 Å². The number of rotatable bonds is 5. The molecule has 0 unspecified atom stereocenters. The van der Waals surface area contributed by atoms with Crippen molar-refractivity contribution in [1.82, 2.24) is 14.3 Å². The molecule has 0 atom stereocenters. The first-order chi connectivity index (χ1) is 9.94. The molecule has 1 N–H and O–H groups in total. The number of imidazole rings is 1. The van der Waals surface area contributed by atoms with E-state index in [1.165, 1.54) is 18.2 Å². The van der Waals surface area contributed by atoms with Gasteiger partial charge in [0.2, 0.25) is 10.0 Å². The van der Waals surface area contributed by atoms with Crippen molar-refractivity contribution in [2.24, 2.45) is 7.05 Å². The molecule has 0 saturated carbocycles. The predicted octanol–water partition coefficient (Wildman–Crippen LogP) is 1.47. The quantitative estimate of drug-likeness (QED) is 0.902. The van der Waals surface area contributed by atoms with Crippen molar-refractivity contribution in [2.75, 3.05) is 6.54 Å². The molecule has 0 amide bonds. The van der Waals surface area contributed by atoms with Gasteiger partial charge in [0.15, 0.2) is 0 Å². The number of nitrogens with one attached hydrogen (secondary N) is 1. The van der Waals surface area contributed by atoms with Gasteiger partial charge in [0.1, 0.15) is 11.9 Å². The molecule has 21 heavy (non-hydrogen) atoms. The number of sulfonamides is 1. The number of aromatic nitrogens is 2. The van der Waals surface area contributed by atoms with Gasteiger partial charge in [-0.15, -0.1) is 0 Å². The summed E-state index contributed by atoms with van der Waals surface area (Å²) in [6.45, 7) is 0.227. The predicted molar refractivity (Wildman–Crippen MR) is 78.3 cm³/mol. The molecular formula is C13H13ClN4O2S. The third-order valence-corrected chi connectivity index (χ3v) is 4.70. The van der Waals surface area contributed by atoms with Crippen LogP contribution < -0.4 is 4.72 Å². The lowest BCUT2D eigenvalue weighted by Crippen LogP contribution is -2.26. The standard InChI is InChI=1S/C13H13ClN4O2S/c1-18-7-6-16-13(18)4-5-17-21(19,20)11-3-2-10(9-15)12(14)8-11/h2-3,6-8,17H,4-5H2,1H3. The maximum atomic E-state index is 12.1. The van der Waals surface area contributed by atoms with Gasteiger partial charge in [-0.05, 0) is 18.2 Å². The zero-order valence-electron chi connectivity index (χ0n) is 11.2. The van der Waals surface area contributed by atoms with Crippen LogP contribution in [0, 0.1) is 11.3 Å². The first-order valence-electron chi connectivity index (χ1n) is 6.09. The highest BCUT2D eigenvalue weighted by Gasteiger charge is 2.15. The fourth-order valence-electron chi connectivity index (χ4n) is 1.77. The second kappa shape index (κ2) is 6.26. The molecule has 8 heteroatoms. The molecule has 1 heterocycles. The average Bonchev–Trinajstić information content (AvgIpc) is 2.84. The Morgan fingerprint density at radius 3 is 2.81 bits per heavy atom. The Hall–Kier alpha value is -1.88. The molecule has 0 aliphatic heterocycles. The molecule has 2 aromatic rings. The van der Waals surface area contributed by atoms with Crippen molar-refractivity contribution in [3.05, 3.63) is 47.0 Å². The summed E-state index contributed by atoms with van der Waals surface area (Å²) in [7, 11) is -1.81. The lowest BCUT2D eigenvalue weighted by Gasteiger charge is -2.07. The first-order valence-corrected chi connectivity index (χ1v) is 7.95. The number of aryl methyl sites for hydroxylation is 1. The number of nitriles is 1. The van der Waals surface area contributed by atoms with Crippen LogP contribution in [0.2, 0.25) is 5.02 Å². The summed E-state index contributed by atoms with van der Waals surface area (Å²) in [5, 5.41) is 8.89. The largest absolute Gasteiger partial charge is 0.338 e. The Labute approximate surface area is 128 Å². The molecule has 6 nitrogen and oxygen atoms in total. The van der Waals surface area contributed by atoms with E-state index in [0.717, 1.165) is 5.82 Å². The van der Waals surface area contributed by atoms with E-state index in [-0.39, 0.29) is 22.0 Å². The maximum Gasteiger partial charge on any atom is 0.240 e. The molecule has 0 bridgehead atoms. The van der Waals surface area contributed by atoms with Crippen molar-refractivity contribution >= 4 is 21.6 Å². The van der Waals surface area contributed by atoms with Crippen LogP contribution in [0.1, 0.15) is 11.4 Å². The molecule has 2 rings (SSSR count). The Morgan fingerprint density at radius 1 is 1.48 bits per heavy atom. The van der Waals surface area contributed by atoms with Crippen LogP contribution in [-0.4, -0.2) is 24.5 Å². The summed E-state index contributed by atoms with van der Waals surface area (Å²) < 4.78 is 28.5. The summed E-state index contributed by atoms with van der Waals surface area (Å²) in [6.07, 6.45) is 3.93. The van der Waals surface area contributed by atoms with Gasteiger partial charge in [0.25, 0.3) is 0 Å². The smallest absolute Gasteiger partial charge is 0.240 e. The van der Waals surface area contributed by atoms with Gasteiger partial charge in [0, 0.05) is 32.4 Å². The highest BCUT2D eigenvalue weighted by Crippen LogP contribution is 2.19. The molecule has 0 radical (unpaired) electrons. The van der Waals surface area contributed by atoms with E-state index in [1.807, 2.05) is 17.7 Å². The number of benzene rings is 1. The third-order valence-electron chi connectivity index (χ3n) is 2.93. The minimum absolute atomic E-state index is 0.0336. The normalized spacial score (nSPS) is 11.3.